The summed E-state index contributed by atoms with van der Waals surface area (Å²) in [4.78, 5) is 0. The van der Waals surface area contributed by atoms with E-state index in [1.54, 1.807) is 0 Å². The molecule has 4 rings (SSSR count). The van der Waals surface area contributed by atoms with Gasteiger partial charge in [0.15, 0.2) is 9.84 Å². The number of sulfone groups is 1. The summed E-state index contributed by atoms with van der Waals surface area (Å²) in [5, 5.41) is 0. The molecule has 2 fully saturated rings. The van der Waals surface area contributed by atoms with Crippen LogP contribution in [0.5, 0.6) is 0 Å². The lowest BCUT2D eigenvalue weighted by Crippen LogP contribution is -2.52. The molecule has 5 heteroatoms. The molecular formula is C24H28F2O2S. The highest BCUT2D eigenvalue weighted by atomic mass is 32.2. The maximum atomic E-state index is 14.6. The number of benzene rings is 2. The van der Waals surface area contributed by atoms with Gasteiger partial charge in [-0.2, -0.15) is 0 Å². The Morgan fingerprint density at radius 1 is 0.621 bits per heavy atom. The molecule has 0 bridgehead atoms. The second-order valence-electron chi connectivity index (χ2n) is 8.57. The first-order valence-electron chi connectivity index (χ1n) is 10.5. The second kappa shape index (κ2) is 7.82. The van der Waals surface area contributed by atoms with Crippen molar-refractivity contribution in [1.29, 1.82) is 0 Å². The molecule has 156 valence electrons. The molecular weight excluding hydrogens is 390 g/mol. The van der Waals surface area contributed by atoms with E-state index in [1.165, 1.54) is 0 Å². The molecule has 2 aromatic rings. The minimum Gasteiger partial charge on any atom is -0.247 e. The monoisotopic (exact) mass is 418 g/mol. The molecule has 2 aliphatic carbocycles. The summed E-state index contributed by atoms with van der Waals surface area (Å²) in [6.07, 6.45) is 0.128. The van der Waals surface area contributed by atoms with Gasteiger partial charge in [0.05, 0.1) is 9.49 Å². The number of halogens is 2. The van der Waals surface area contributed by atoms with Crippen LogP contribution in [0.15, 0.2) is 60.7 Å². The summed E-state index contributed by atoms with van der Waals surface area (Å²) >= 11 is 0. The van der Waals surface area contributed by atoms with Crippen molar-refractivity contribution < 1.29 is 17.2 Å². The van der Waals surface area contributed by atoms with E-state index in [9.17, 15) is 17.2 Å². The number of hydrogen-bond acceptors (Lipinski definition) is 2. The third-order valence-electron chi connectivity index (χ3n) is 7.07. The van der Waals surface area contributed by atoms with E-state index < -0.39 is 31.7 Å². The van der Waals surface area contributed by atoms with Gasteiger partial charge < -0.3 is 0 Å². The highest BCUT2D eigenvalue weighted by Crippen LogP contribution is 2.56. The van der Waals surface area contributed by atoms with Gasteiger partial charge in [-0.3, -0.25) is 0 Å². The molecule has 0 saturated heterocycles. The molecule has 0 atom stereocenters. The Balaban J connectivity index is 1.90. The molecule has 0 amide bonds. The summed E-state index contributed by atoms with van der Waals surface area (Å²) in [6.45, 7) is 0. The molecule has 2 saturated carbocycles. The molecule has 0 radical (unpaired) electrons. The molecule has 0 aliphatic heterocycles. The second-order valence-corrected chi connectivity index (χ2v) is 11.1. The fraction of sp³-hybridized carbons (Fsp3) is 0.500. The Morgan fingerprint density at radius 2 is 0.931 bits per heavy atom. The first-order chi connectivity index (χ1) is 13.9. The van der Waals surface area contributed by atoms with Gasteiger partial charge in [-0.25, -0.2) is 17.2 Å². The lowest BCUT2D eigenvalue weighted by atomic mass is 9.81. The van der Waals surface area contributed by atoms with Crippen LogP contribution in [0.3, 0.4) is 0 Å². The predicted octanol–water partition coefficient (Wildman–Crippen LogP) is 6.02. The van der Waals surface area contributed by atoms with Gasteiger partial charge in [-0.15, -0.1) is 0 Å². The third-order valence-corrected chi connectivity index (χ3v) is 10.4. The van der Waals surface area contributed by atoms with E-state index in [2.05, 4.69) is 0 Å². The summed E-state index contributed by atoms with van der Waals surface area (Å²) in [6, 6.07) is 18.6. The average Bonchev–Trinajstić information content (AvgIpc) is 2.76. The van der Waals surface area contributed by atoms with E-state index in [0.29, 0.717) is 0 Å². The van der Waals surface area contributed by atoms with Gasteiger partial charge in [0.25, 0.3) is 0 Å². The number of hydrogen-bond donors (Lipinski definition) is 0. The lowest BCUT2D eigenvalue weighted by Gasteiger charge is -2.48. The van der Waals surface area contributed by atoms with Crippen LogP contribution in [0.4, 0.5) is 8.78 Å². The van der Waals surface area contributed by atoms with Crippen LogP contribution < -0.4 is 0 Å². The van der Waals surface area contributed by atoms with Crippen LogP contribution >= 0.6 is 0 Å². The molecule has 2 aromatic carbocycles. The molecule has 0 unspecified atom stereocenters. The molecule has 29 heavy (non-hydrogen) atoms. The van der Waals surface area contributed by atoms with Crippen LogP contribution in [0.1, 0.15) is 62.5 Å². The van der Waals surface area contributed by atoms with Crippen LogP contribution in [0, 0.1) is 0 Å². The minimum absolute atomic E-state index is 0.241. The standard InChI is InChI=1S/C24H28F2O2S/c25-21-11-15-23(16-12-21,19-7-3-1-4-8-19)29(27,28)24(17-13-22(26)14-18-24)20-9-5-2-6-10-20/h1-10,21-22H,11-18H2. The Bertz CT molecular complexity index is 840. The van der Waals surface area contributed by atoms with Gasteiger partial charge in [-0.05, 0) is 62.5 Å². The van der Waals surface area contributed by atoms with Crippen molar-refractivity contribution in [2.45, 2.75) is 73.2 Å². The zero-order valence-electron chi connectivity index (χ0n) is 16.6. The highest BCUT2D eigenvalue weighted by Gasteiger charge is 2.59. The third kappa shape index (κ3) is 3.31. The lowest BCUT2D eigenvalue weighted by molar-refractivity contribution is 0.200. The maximum Gasteiger partial charge on any atom is 0.169 e. The van der Waals surface area contributed by atoms with Crippen LogP contribution in [-0.4, -0.2) is 20.8 Å². The molecule has 0 spiro atoms. The first kappa shape index (κ1) is 20.5. The Hall–Kier alpha value is -1.75. The van der Waals surface area contributed by atoms with Crippen LogP contribution in [0.2, 0.25) is 0 Å². The SMILES string of the molecule is O=S(=O)(C1(c2ccccc2)CCC(F)CC1)C1(c2ccccc2)CCC(F)CC1. The largest absolute Gasteiger partial charge is 0.247 e. The quantitative estimate of drug-likeness (QED) is 0.609. The van der Waals surface area contributed by atoms with Gasteiger partial charge in [0.2, 0.25) is 0 Å². The summed E-state index contributed by atoms with van der Waals surface area (Å²) in [5.74, 6) is 0. The van der Waals surface area contributed by atoms with Crippen molar-refractivity contribution in [3.05, 3.63) is 71.8 Å². The topological polar surface area (TPSA) is 34.1 Å². The van der Waals surface area contributed by atoms with Gasteiger partial charge in [0.1, 0.15) is 12.3 Å². The van der Waals surface area contributed by atoms with E-state index >= 15 is 0 Å². The summed E-state index contributed by atoms with van der Waals surface area (Å²) < 4.78 is 55.0. The fourth-order valence-corrected chi connectivity index (χ4v) is 8.57. The zero-order valence-corrected chi connectivity index (χ0v) is 17.4. The van der Waals surface area contributed by atoms with E-state index in [-0.39, 0.29) is 51.4 Å². The predicted molar refractivity (Wildman–Crippen MR) is 112 cm³/mol. The van der Waals surface area contributed by atoms with Crippen molar-refractivity contribution in [1.82, 2.24) is 0 Å². The van der Waals surface area contributed by atoms with Crippen molar-refractivity contribution in [2.75, 3.05) is 0 Å². The molecule has 2 nitrogen and oxygen atoms in total. The Labute approximate surface area is 172 Å². The van der Waals surface area contributed by atoms with Crippen LogP contribution in [0.25, 0.3) is 0 Å². The normalized spacial score (nSPS) is 33.3. The van der Waals surface area contributed by atoms with Crippen LogP contribution in [-0.2, 0) is 19.3 Å². The summed E-state index contributed by atoms with van der Waals surface area (Å²) in [5.41, 5.74) is 1.48. The van der Waals surface area contributed by atoms with Crippen molar-refractivity contribution in [2.24, 2.45) is 0 Å². The minimum atomic E-state index is -3.79. The average molecular weight is 419 g/mol. The molecule has 0 aromatic heterocycles. The maximum absolute atomic E-state index is 14.6. The van der Waals surface area contributed by atoms with Crippen molar-refractivity contribution in [3.63, 3.8) is 0 Å². The zero-order chi connectivity index (χ0) is 20.5. The molecule has 2 aliphatic rings. The number of alkyl halides is 2. The summed E-state index contributed by atoms with van der Waals surface area (Å²) in [7, 11) is -3.79. The van der Waals surface area contributed by atoms with Gasteiger partial charge >= 0.3 is 0 Å². The smallest absolute Gasteiger partial charge is 0.169 e. The highest BCUT2D eigenvalue weighted by molar-refractivity contribution is 7.93. The van der Waals surface area contributed by atoms with Gasteiger partial charge in [-0.1, -0.05) is 60.7 Å². The first-order valence-corrected chi connectivity index (χ1v) is 12.0. The molecule has 0 heterocycles. The van der Waals surface area contributed by atoms with E-state index in [1.807, 2.05) is 60.7 Å². The van der Waals surface area contributed by atoms with Gasteiger partial charge in [0, 0.05) is 0 Å². The number of rotatable bonds is 4. The Kier molecular flexibility index (Phi) is 5.54. The fourth-order valence-electron chi connectivity index (χ4n) is 5.38. The van der Waals surface area contributed by atoms with Crippen molar-refractivity contribution >= 4 is 9.84 Å². The van der Waals surface area contributed by atoms with Crippen molar-refractivity contribution in [3.8, 4) is 0 Å². The molecule has 0 N–H and O–H groups in total. The van der Waals surface area contributed by atoms with E-state index in [4.69, 9.17) is 0 Å². The Morgan fingerprint density at radius 3 is 1.24 bits per heavy atom. The van der Waals surface area contributed by atoms with E-state index in [0.717, 1.165) is 11.1 Å².